The molecule has 1 aliphatic heterocycles. The first-order chi connectivity index (χ1) is 8.47. The Bertz CT molecular complexity index is 268. The van der Waals surface area contributed by atoms with E-state index in [1.54, 1.807) is 0 Å². The number of rotatable bonds is 6. The zero-order chi connectivity index (χ0) is 13.3. The number of nitrogens with zero attached hydrogens (tertiary/aromatic N) is 1. The quantitative estimate of drug-likeness (QED) is 0.757. The third-order valence-corrected chi connectivity index (χ3v) is 4.79. The molecule has 0 aromatic carbocycles. The second kappa shape index (κ2) is 5.48. The molecule has 2 N–H and O–H groups in total. The molecule has 3 nitrogen and oxygen atoms in total. The molecule has 1 saturated heterocycles. The molecule has 2 rings (SSSR count). The average molecular weight is 254 g/mol. The lowest BCUT2D eigenvalue weighted by Gasteiger charge is -2.39. The Hall–Kier alpha value is -0.120. The van der Waals surface area contributed by atoms with Gasteiger partial charge in [-0.05, 0) is 30.6 Å². The molecule has 18 heavy (non-hydrogen) atoms. The first kappa shape index (κ1) is 14.3. The largest absolute Gasteiger partial charge is 0.394 e. The summed E-state index contributed by atoms with van der Waals surface area (Å²) in [5.41, 5.74) is -0.0576. The van der Waals surface area contributed by atoms with Crippen molar-refractivity contribution in [1.82, 2.24) is 10.2 Å². The number of hydrogen-bond acceptors (Lipinski definition) is 3. The summed E-state index contributed by atoms with van der Waals surface area (Å²) < 4.78 is 0. The lowest BCUT2D eigenvalue weighted by atomic mass is 9.92. The minimum atomic E-state index is -0.0576. The predicted octanol–water partition coefficient (Wildman–Crippen LogP) is 1.71. The fraction of sp³-hybridized carbons (Fsp3) is 1.00. The van der Waals surface area contributed by atoms with Gasteiger partial charge in [0, 0.05) is 25.7 Å². The molecule has 0 radical (unpaired) electrons. The summed E-state index contributed by atoms with van der Waals surface area (Å²) in [6.45, 7) is 12.7. The van der Waals surface area contributed by atoms with Gasteiger partial charge in [0.05, 0.1) is 12.1 Å². The summed E-state index contributed by atoms with van der Waals surface area (Å²) >= 11 is 0. The van der Waals surface area contributed by atoms with Crippen LogP contribution >= 0.6 is 0 Å². The van der Waals surface area contributed by atoms with E-state index in [1.165, 1.54) is 25.9 Å². The van der Waals surface area contributed by atoms with Crippen molar-refractivity contribution in [2.24, 2.45) is 17.8 Å². The highest BCUT2D eigenvalue weighted by Gasteiger charge is 2.46. The average Bonchev–Trinajstić information content (AvgIpc) is 3.07. The van der Waals surface area contributed by atoms with Crippen LogP contribution in [-0.4, -0.2) is 47.8 Å². The van der Waals surface area contributed by atoms with E-state index in [9.17, 15) is 5.11 Å². The molecule has 0 amide bonds. The van der Waals surface area contributed by atoms with E-state index in [0.717, 1.165) is 18.4 Å². The topological polar surface area (TPSA) is 35.5 Å². The molecular weight excluding hydrogens is 224 g/mol. The highest BCUT2D eigenvalue weighted by atomic mass is 16.3. The summed E-state index contributed by atoms with van der Waals surface area (Å²) in [5, 5.41) is 13.6. The summed E-state index contributed by atoms with van der Waals surface area (Å²) in [6, 6.07) is 0.440. The molecule has 1 saturated carbocycles. The van der Waals surface area contributed by atoms with Crippen molar-refractivity contribution < 1.29 is 5.11 Å². The molecule has 0 bridgehead atoms. The maximum Gasteiger partial charge on any atom is 0.0628 e. The van der Waals surface area contributed by atoms with Crippen LogP contribution < -0.4 is 5.32 Å². The van der Waals surface area contributed by atoms with Gasteiger partial charge < -0.3 is 15.3 Å². The van der Waals surface area contributed by atoms with Crippen molar-refractivity contribution in [2.45, 2.75) is 52.1 Å². The molecule has 0 aromatic rings. The van der Waals surface area contributed by atoms with Crippen molar-refractivity contribution in [2.75, 3.05) is 26.2 Å². The van der Waals surface area contributed by atoms with Crippen molar-refractivity contribution >= 4 is 0 Å². The van der Waals surface area contributed by atoms with E-state index in [2.05, 4.69) is 37.9 Å². The van der Waals surface area contributed by atoms with Crippen LogP contribution in [0.15, 0.2) is 0 Å². The Balaban J connectivity index is 2.01. The molecule has 2 aliphatic rings. The van der Waals surface area contributed by atoms with Crippen LogP contribution in [-0.2, 0) is 0 Å². The lowest BCUT2D eigenvalue weighted by Crippen LogP contribution is -2.59. The predicted molar refractivity (Wildman–Crippen MR) is 75.6 cm³/mol. The second-order valence-electron chi connectivity index (χ2n) is 7.04. The van der Waals surface area contributed by atoms with Crippen LogP contribution in [0.2, 0.25) is 0 Å². The standard InChI is InChI=1S/C15H30N2O/c1-11(2)16-15(10-18,14-5-6-14)9-17-7-12(3)13(4)8-17/h11-14,16,18H,5-10H2,1-4H3. The molecule has 3 heteroatoms. The van der Waals surface area contributed by atoms with Gasteiger partial charge >= 0.3 is 0 Å². The fourth-order valence-electron chi connectivity index (χ4n) is 3.51. The van der Waals surface area contributed by atoms with Crippen LogP contribution in [0.1, 0.15) is 40.5 Å². The molecule has 3 unspecified atom stereocenters. The first-order valence-corrected chi connectivity index (χ1v) is 7.58. The molecule has 106 valence electrons. The van der Waals surface area contributed by atoms with Crippen LogP contribution in [0, 0.1) is 17.8 Å². The molecule has 1 aliphatic carbocycles. The molecule has 0 spiro atoms. The summed E-state index contributed by atoms with van der Waals surface area (Å²) in [7, 11) is 0. The summed E-state index contributed by atoms with van der Waals surface area (Å²) in [4.78, 5) is 2.55. The third-order valence-electron chi connectivity index (χ3n) is 4.79. The molecule has 0 aromatic heterocycles. The van der Waals surface area contributed by atoms with Gasteiger partial charge in [0.2, 0.25) is 0 Å². The monoisotopic (exact) mass is 254 g/mol. The van der Waals surface area contributed by atoms with E-state index >= 15 is 0 Å². The van der Waals surface area contributed by atoms with Crippen LogP contribution in [0.3, 0.4) is 0 Å². The zero-order valence-electron chi connectivity index (χ0n) is 12.4. The van der Waals surface area contributed by atoms with E-state index in [0.29, 0.717) is 12.0 Å². The van der Waals surface area contributed by atoms with E-state index < -0.39 is 0 Å². The van der Waals surface area contributed by atoms with Gasteiger partial charge in [0.15, 0.2) is 0 Å². The summed E-state index contributed by atoms with van der Waals surface area (Å²) in [5.74, 6) is 2.26. The van der Waals surface area contributed by atoms with Crippen molar-refractivity contribution in [3.63, 3.8) is 0 Å². The molecule has 2 fully saturated rings. The van der Waals surface area contributed by atoms with Gasteiger partial charge in [0.1, 0.15) is 0 Å². The lowest BCUT2D eigenvalue weighted by molar-refractivity contribution is 0.0908. The number of hydrogen-bond donors (Lipinski definition) is 2. The van der Waals surface area contributed by atoms with Crippen LogP contribution in [0.4, 0.5) is 0 Å². The van der Waals surface area contributed by atoms with Crippen molar-refractivity contribution in [1.29, 1.82) is 0 Å². The Labute approximate surface area is 112 Å². The first-order valence-electron chi connectivity index (χ1n) is 7.58. The van der Waals surface area contributed by atoms with Gasteiger partial charge in [-0.2, -0.15) is 0 Å². The number of likely N-dealkylation sites (tertiary alicyclic amines) is 1. The maximum absolute atomic E-state index is 9.94. The van der Waals surface area contributed by atoms with E-state index in [-0.39, 0.29) is 12.1 Å². The zero-order valence-corrected chi connectivity index (χ0v) is 12.4. The van der Waals surface area contributed by atoms with Crippen molar-refractivity contribution in [3.05, 3.63) is 0 Å². The Kier molecular flexibility index (Phi) is 4.35. The molecular formula is C15H30N2O. The van der Waals surface area contributed by atoms with Gasteiger partial charge in [-0.1, -0.05) is 27.7 Å². The Morgan fingerprint density at radius 1 is 1.22 bits per heavy atom. The minimum Gasteiger partial charge on any atom is -0.394 e. The van der Waals surface area contributed by atoms with E-state index in [1.807, 2.05) is 0 Å². The Morgan fingerprint density at radius 3 is 2.17 bits per heavy atom. The maximum atomic E-state index is 9.94. The highest BCUT2D eigenvalue weighted by Crippen LogP contribution is 2.41. The second-order valence-corrected chi connectivity index (χ2v) is 7.04. The van der Waals surface area contributed by atoms with Crippen molar-refractivity contribution in [3.8, 4) is 0 Å². The van der Waals surface area contributed by atoms with Gasteiger partial charge in [-0.25, -0.2) is 0 Å². The smallest absolute Gasteiger partial charge is 0.0628 e. The normalized spacial score (nSPS) is 33.0. The van der Waals surface area contributed by atoms with Crippen LogP contribution in [0.25, 0.3) is 0 Å². The van der Waals surface area contributed by atoms with Gasteiger partial charge in [-0.15, -0.1) is 0 Å². The van der Waals surface area contributed by atoms with Gasteiger partial charge in [0.25, 0.3) is 0 Å². The third kappa shape index (κ3) is 3.06. The Morgan fingerprint density at radius 2 is 1.78 bits per heavy atom. The fourth-order valence-corrected chi connectivity index (χ4v) is 3.51. The molecule has 1 heterocycles. The number of nitrogens with one attached hydrogen (secondary N) is 1. The van der Waals surface area contributed by atoms with Gasteiger partial charge in [-0.3, -0.25) is 0 Å². The number of aliphatic hydroxyl groups excluding tert-OH is 1. The highest BCUT2D eigenvalue weighted by molar-refractivity contribution is 5.04. The minimum absolute atomic E-state index is 0.0576. The van der Waals surface area contributed by atoms with E-state index in [4.69, 9.17) is 0 Å². The van der Waals surface area contributed by atoms with Crippen LogP contribution in [0.5, 0.6) is 0 Å². The summed E-state index contributed by atoms with van der Waals surface area (Å²) in [6.07, 6.45) is 2.55. The number of aliphatic hydroxyl groups is 1. The molecule has 3 atom stereocenters. The SMILES string of the molecule is CC(C)NC(CO)(CN1CC(C)C(C)C1)C1CC1.